The van der Waals surface area contributed by atoms with E-state index >= 15 is 0 Å². The number of hydrazone groups is 1. The molecule has 0 aromatic heterocycles. The predicted molar refractivity (Wildman–Crippen MR) is 123 cm³/mol. The second-order valence-electron chi connectivity index (χ2n) is 6.39. The molecule has 0 spiro atoms. The predicted octanol–water partition coefficient (Wildman–Crippen LogP) is 3.92. The molecule has 3 aromatic carbocycles. The topological polar surface area (TPSA) is 106 Å². The molecule has 0 aliphatic carbocycles. The van der Waals surface area contributed by atoms with Crippen LogP contribution in [-0.4, -0.2) is 34.8 Å². The first-order valence-electron chi connectivity index (χ1n) is 9.27. The summed E-state index contributed by atoms with van der Waals surface area (Å²) in [4.78, 5) is 12.7. The quantitative estimate of drug-likeness (QED) is 0.381. The maximum Gasteiger partial charge on any atom is 0.273 e. The SMILES string of the molecule is COc1cccc(/C=N\NC(=O)c2ccccc2NS(=O)(=O)c2ccc(Cl)cc2)c1OC. The molecule has 0 aliphatic rings. The number of nitrogens with zero attached hydrogens (tertiary/aromatic N) is 1. The van der Waals surface area contributed by atoms with Crippen LogP contribution in [0.2, 0.25) is 5.02 Å². The van der Waals surface area contributed by atoms with E-state index in [4.69, 9.17) is 21.1 Å². The Labute approximate surface area is 190 Å². The van der Waals surface area contributed by atoms with Gasteiger partial charge in [0.15, 0.2) is 11.5 Å². The Kier molecular flexibility index (Phi) is 7.34. The molecule has 0 saturated heterocycles. The van der Waals surface area contributed by atoms with E-state index in [2.05, 4.69) is 15.2 Å². The molecule has 32 heavy (non-hydrogen) atoms. The van der Waals surface area contributed by atoms with Crippen molar-refractivity contribution in [3.8, 4) is 11.5 Å². The van der Waals surface area contributed by atoms with Crippen LogP contribution in [0, 0.1) is 0 Å². The van der Waals surface area contributed by atoms with Gasteiger partial charge in [-0.2, -0.15) is 5.10 Å². The van der Waals surface area contributed by atoms with Crippen molar-refractivity contribution in [1.82, 2.24) is 5.43 Å². The fourth-order valence-corrected chi connectivity index (χ4v) is 4.03. The maximum atomic E-state index is 12.7. The van der Waals surface area contributed by atoms with Gasteiger partial charge in [0.1, 0.15) is 0 Å². The van der Waals surface area contributed by atoms with Crippen LogP contribution in [0.3, 0.4) is 0 Å². The summed E-state index contributed by atoms with van der Waals surface area (Å²) in [6.07, 6.45) is 1.40. The number of amides is 1. The number of benzene rings is 3. The first kappa shape index (κ1) is 23.1. The van der Waals surface area contributed by atoms with Crippen LogP contribution < -0.4 is 19.6 Å². The average molecular weight is 474 g/mol. The van der Waals surface area contributed by atoms with E-state index < -0.39 is 15.9 Å². The van der Waals surface area contributed by atoms with Gasteiger partial charge in [-0.15, -0.1) is 0 Å². The number of halogens is 1. The van der Waals surface area contributed by atoms with Gasteiger partial charge in [-0.05, 0) is 48.5 Å². The summed E-state index contributed by atoms with van der Waals surface area (Å²) in [5, 5.41) is 4.37. The number of anilines is 1. The number of nitrogens with one attached hydrogen (secondary N) is 2. The van der Waals surface area contributed by atoms with Gasteiger partial charge in [-0.1, -0.05) is 29.8 Å². The number of methoxy groups -OCH3 is 2. The van der Waals surface area contributed by atoms with Crippen molar-refractivity contribution < 1.29 is 22.7 Å². The lowest BCUT2D eigenvalue weighted by molar-refractivity contribution is 0.0956. The number of sulfonamides is 1. The molecule has 3 rings (SSSR count). The number of carbonyl (C=O) groups excluding carboxylic acids is 1. The molecule has 0 saturated carbocycles. The lowest BCUT2D eigenvalue weighted by atomic mass is 10.2. The lowest BCUT2D eigenvalue weighted by Crippen LogP contribution is -2.21. The molecule has 0 radical (unpaired) electrons. The van der Waals surface area contributed by atoms with Crippen LogP contribution >= 0.6 is 11.6 Å². The van der Waals surface area contributed by atoms with Gasteiger partial charge in [0, 0.05) is 10.6 Å². The third-order valence-electron chi connectivity index (χ3n) is 4.34. The summed E-state index contributed by atoms with van der Waals surface area (Å²) in [5.74, 6) is 0.381. The first-order chi connectivity index (χ1) is 15.4. The molecule has 0 bridgehead atoms. The zero-order valence-corrected chi connectivity index (χ0v) is 18.8. The van der Waals surface area contributed by atoms with Crippen LogP contribution in [0.5, 0.6) is 11.5 Å². The highest BCUT2D eigenvalue weighted by atomic mass is 35.5. The van der Waals surface area contributed by atoms with Crippen molar-refractivity contribution in [1.29, 1.82) is 0 Å². The van der Waals surface area contributed by atoms with Gasteiger partial charge >= 0.3 is 0 Å². The maximum absolute atomic E-state index is 12.7. The number of rotatable bonds is 8. The van der Waals surface area contributed by atoms with Gasteiger partial charge in [-0.25, -0.2) is 13.8 Å². The van der Waals surface area contributed by atoms with Crippen molar-refractivity contribution in [3.05, 3.63) is 82.9 Å². The summed E-state index contributed by atoms with van der Waals surface area (Å²) in [7, 11) is -0.911. The number of ether oxygens (including phenoxy) is 2. The minimum absolute atomic E-state index is 0.0141. The minimum Gasteiger partial charge on any atom is -0.493 e. The van der Waals surface area contributed by atoms with Gasteiger partial charge in [-0.3, -0.25) is 9.52 Å². The molecule has 8 nitrogen and oxygen atoms in total. The highest BCUT2D eigenvalue weighted by Crippen LogP contribution is 2.29. The van der Waals surface area contributed by atoms with Crippen molar-refractivity contribution in [2.24, 2.45) is 5.10 Å². The number of carbonyl (C=O) groups is 1. The third kappa shape index (κ3) is 5.37. The molecule has 166 valence electrons. The minimum atomic E-state index is -3.92. The second kappa shape index (κ2) is 10.2. The van der Waals surface area contributed by atoms with Crippen molar-refractivity contribution in [2.75, 3.05) is 18.9 Å². The molecule has 0 heterocycles. The Morgan fingerprint density at radius 1 is 0.969 bits per heavy atom. The molecule has 0 fully saturated rings. The third-order valence-corrected chi connectivity index (χ3v) is 5.98. The Balaban J connectivity index is 1.79. The Morgan fingerprint density at radius 3 is 2.38 bits per heavy atom. The van der Waals surface area contributed by atoms with Gasteiger partial charge < -0.3 is 9.47 Å². The second-order valence-corrected chi connectivity index (χ2v) is 8.51. The van der Waals surface area contributed by atoms with Crippen LogP contribution in [0.15, 0.2) is 76.7 Å². The van der Waals surface area contributed by atoms with Crippen molar-refractivity contribution >= 4 is 39.4 Å². The standard InChI is InChI=1S/C22H20ClN3O5S/c1-30-20-9-5-6-15(21(20)31-2)14-24-25-22(27)18-7-3-4-8-19(18)26-32(28,29)17-12-10-16(23)11-13-17/h3-14,26H,1-2H3,(H,25,27)/b24-14-. The van der Waals surface area contributed by atoms with Gasteiger partial charge in [0.2, 0.25) is 0 Å². The molecule has 10 heteroatoms. The largest absolute Gasteiger partial charge is 0.493 e. The fraction of sp³-hybridized carbons (Fsp3) is 0.0909. The fourth-order valence-electron chi connectivity index (χ4n) is 2.82. The summed E-state index contributed by atoms with van der Waals surface area (Å²) in [6.45, 7) is 0. The van der Waals surface area contributed by atoms with E-state index in [0.717, 1.165) is 0 Å². The van der Waals surface area contributed by atoms with Crippen LogP contribution in [0.1, 0.15) is 15.9 Å². The van der Waals surface area contributed by atoms with Gasteiger partial charge in [0.25, 0.3) is 15.9 Å². The summed E-state index contributed by atoms with van der Waals surface area (Å²) in [5.41, 5.74) is 3.18. The summed E-state index contributed by atoms with van der Waals surface area (Å²) in [6, 6.07) is 17.1. The van der Waals surface area contributed by atoms with Crippen molar-refractivity contribution in [2.45, 2.75) is 4.90 Å². The van der Waals surface area contributed by atoms with Crippen LogP contribution in [-0.2, 0) is 10.0 Å². The monoisotopic (exact) mass is 473 g/mol. The van der Waals surface area contributed by atoms with E-state index in [9.17, 15) is 13.2 Å². The van der Waals surface area contributed by atoms with E-state index in [1.54, 1.807) is 30.3 Å². The Hall–Kier alpha value is -3.56. The van der Waals surface area contributed by atoms with Gasteiger partial charge in [0.05, 0.1) is 36.6 Å². The first-order valence-corrected chi connectivity index (χ1v) is 11.1. The normalized spacial score (nSPS) is 11.2. The molecular formula is C22H20ClN3O5S. The molecule has 3 aromatic rings. The molecule has 0 unspecified atom stereocenters. The van der Waals surface area contributed by atoms with E-state index in [0.29, 0.717) is 22.1 Å². The zero-order valence-electron chi connectivity index (χ0n) is 17.2. The molecule has 0 atom stereocenters. The lowest BCUT2D eigenvalue weighted by Gasteiger charge is -2.12. The van der Waals surface area contributed by atoms with E-state index in [1.807, 2.05) is 0 Å². The smallest absolute Gasteiger partial charge is 0.273 e. The summed E-state index contributed by atoms with van der Waals surface area (Å²) < 4.78 is 38.3. The Morgan fingerprint density at radius 2 is 1.69 bits per heavy atom. The number of para-hydroxylation sites is 2. The zero-order chi connectivity index (χ0) is 23.1. The number of hydrogen-bond acceptors (Lipinski definition) is 6. The highest BCUT2D eigenvalue weighted by Gasteiger charge is 2.18. The summed E-state index contributed by atoms with van der Waals surface area (Å²) >= 11 is 5.82. The van der Waals surface area contributed by atoms with Crippen molar-refractivity contribution in [3.63, 3.8) is 0 Å². The average Bonchev–Trinajstić information content (AvgIpc) is 2.79. The highest BCUT2D eigenvalue weighted by molar-refractivity contribution is 7.92. The number of hydrogen-bond donors (Lipinski definition) is 2. The molecule has 1 amide bonds. The van der Waals surface area contributed by atoms with E-state index in [-0.39, 0.29) is 16.1 Å². The molecule has 2 N–H and O–H groups in total. The van der Waals surface area contributed by atoms with E-state index in [1.165, 1.54) is 56.8 Å². The molecule has 0 aliphatic heterocycles. The Bertz CT molecular complexity index is 1240. The molecular weight excluding hydrogens is 454 g/mol. The van der Waals surface area contributed by atoms with Crippen LogP contribution in [0.25, 0.3) is 0 Å². The van der Waals surface area contributed by atoms with Crippen LogP contribution in [0.4, 0.5) is 5.69 Å².